The topological polar surface area (TPSA) is 117 Å². The lowest BCUT2D eigenvalue weighted by molar-refractivity contribution is 0.0680. The standard InChI is InChI=1S/C17H18ClN3O4S/c18-12-6-9(3-4-13(12)25-8-10-2-1-5-24-10)14-7-11(15(19)22)16(26-14)21-17(20)23/h3-4,6-7,10H,1-2,5,8H2,(H2,19,22)(H3,20,21,23). The molecule has 0 aliphatic carbocycles. The first-order chi connectivity index (χ1) is 12.4. The van der Waals surface area contributed by atoms with Gasteiger partial charge >= 0.3 is 6.03 Å². The molecule has 0 spiro atoms. The fourth-order valence-corrected chi connectivity index (χ4v) is 3.95. The number of nitrogens with one attached hydrogen (secondary N) is 1. The fourth-order valence-electron chi connectivity index (χ4n) is 2.65. The Hall–Kier alpha value is -2.29. The number of benzene rings is 1. The number of amides is 3. The molecule has 5 N–H and O–H groups in total. The molecule has 1 aliphatic rings. The van der Waals surface area contributed by atoms with Crippen LogP contribution in [0.4, 0.5) is 9.80 Å². The van der Waals surface area contributed by atoms with Gasteiger partial charge in [-0.25, -0.2) is 4.79 Å². The zero-order valence-corrected chi connectivity index (χ0v) is 15.4. The number of rotatable bonds is 6. The van der Waals surface area contributed by atoms with Crippen molar-refractivity contribution in [3.63, 3.8) is 0 Å². The van der Waals surface area contributed by atoms with Crippen molar-refractivity contribution in [1.82, 2.24) is 0 Å². The average Bonchev–Trinajstić information content (AvgIpc) is 3.22. The summed E-state index contributed by atoms with van der Waals surface area (Å²) in [6.45, 7) is 1.22. The number of thiophene rings is 1. The normalized spacial score (nSPS) is 16.4. The van der Waals surface area contributed by atoms with E-state index in [2.05, 4.69) is 5.32 Å². The second-order valence-corrected chi connectivity index (χ2v) is 7.26. The Balaban J connectivity index is 1.79. The molecule has 1 aromatic carbocycles. The molecule has 1 saturated heterocycles. The summed E-state index contributed by atoms with van der Waals surface area (Å²) in [5.74, 6) is -0.0908. The molecule has 26 heavy (non-hydrogen) atoms. The Bertz CT molecular complexity index is 833. The Morgan fingerprint density at radius 1 is 1.35 bits per heavy atom. The van der Waals surface area contributed by atoms with E-state index in [4.69, 9.17) is 32.5 Å². The van der Waals surface area contributed by atoms with Gasteiger partial charge in [-0.2, -0.15) is 0 Å². The first-order valence-electron chi connectivity index (χ1n) is 7.98. The highest BCUT2D eigenvalue weighted by Crippen LogP contribution is 2.38. The van der Waals surface area contributed by atoms with Crippen LogP contribution in [0.3, 0.4) is 0 Å². The van der Waals surface area contributed by atoms with E-state index in [1.807, 2.05) is 6.07 Å². The summed E-state index contributed by atoms with van der Waals surface area (Å²) in [6, 6.07) is 6.14. The van der Waals surface area contributed by atoms with Crippen molar-refractivity contribution in [2.75, 3.05) is 18.5 Å². The lowest BCUT2D eigenvalue weighted by atomic mass is 10.1. The zero-order chi connectivity index (χ0) is 18.7. The van der Waals surface area contributed by atoms with E-state index >= 15 is 0 Å². The minimum Gasteiger partial charge on any atom is -0.489 e. The Morgan fingerprint density at radius 2 is 2.15 bits per heavy atom. The maximum Gasteiger partial charge on any atom is 0.317 e. The quantitative estimate of drug-likeness (QED) is 0.696. The molecule has 2 heterocycles. The third-order valence-corrected chi connectivity index (χ3v) is 5.29. The number of ether oxygens (including phenoxy) is 2. The van der Waals surface area contributed by atoms with Crippen LogP contribution in [0.5, 0.6) is 5.75 Å². The highest BCUT2D eigenvalue weighted by atomic mass is 35.5. The third-order valence-electron chi connectivity index (χ3n) is 3.90. The predicted molar refractivity (Wildman–Crippen MR) is 101 cm³/mol. The van der Waals surface area contributed by atoms with Crippen molar-refractivity contribution in [2.45, 2.75) is 18.9 Å². The van der Waals surface area contributed by atoms with Crippen LogP contribution in [0.2, 0.25) is 5.02 Å². The molecule has 0 bridgehead atoms. The molecule has 3 rings (SSSR count). The van der Waals surface area contributed by atoms with Gasteiger partial charge in [-0.3, -0.25) is 10.1 Å². The molecule has 1 atom stereocenters. The highest BCUT2D eigenvalue weighted by molar-refractivity contribution is 7.20. The van der Waals surface area contributed by atoms with Gasteiger partial charge in [0.1, 0.15) is 17.4 Å². The lowest BCUT2D eigenvalue weighted by Gasteiger charge is -2.13. The van der Waals surface area contributed by atoms with Crippen molar-refractivity contribution >= 4 is 39.9 Å². The van der Waals surface area contributed by atoms with E-state index in [-0.39, 0.29) is 11.7 Å². The first kappa shape index (κ1) is 18.5. The lowest BCUT2D eigenvalue weighted by Crippen LogP contribution is -2.21. The van der Waals surface area contributed by atoms with Gasteiger partial charge in [-0.1, -0.05) is 11.6 Å². The van der Waals surface area contributed by atoms with Crippen LogP contribution in [0.15, 0.2) is 24.3 Å². The molecule has 0 radical (unpaired) electrons. The van der Waals surface area contributed by atoms with Crippen molar-refractivity contribution in [3.05, 3.63) is 34.9 Å². The Morgan fingerprint density at radius 3 is 2.77 bits per heavy atom. The van der Waals surface area contributed by atoms with Crippen molar-refractivity contribution in [2.24, 2.45) is 11.5 Å². The van der Waals surface area contributed by atoms with Gasteiger partial charge in [0.15, 0.2) is 0 Å². The fraction of sp³-hybridized carbons (Fsp3) is 0.294. The SMILES string of the molecule is NC(=O)Nc1sc(-c2ccc(OCC3CCCO3)c(Cl)c2)cc1C(N)=O. The largest absolute Gasteiger partial charge is 0.489 e. The third kappa shape index (κ3) is 4.27. The summed E-state index contributed by atoms with van der Waals surface area (Å²) in [6.07, 6.45) is 2.13. The number of urea groups is 1. The molecule has 0 saturated carbocycles. The number of carbonyl (C=O) groups is 2. The van der Waals surface area contributed by atoms with E-state index in [0.717, 1.165) is 29.9 Å². The van der Waals surface area contributed by atoms with Gasteiger partial charge in [0, 0.05) is 11.5 Å². The van der Waals surface area contributed by atoms with Gasteiger partial charge in [0.2, 0.25) is 0 Å². The second-order valence-electron chi connectivity index (χ2n) is 5.80. The van der Waals surface area contributed by atoms with E-state index in [1.165, 1.54) is 11.3 Å². The first-order valence-corrected chi connectivity index (χ1v) is 9.18. The van der Waals surface area contributed by atoms with Gasteiger partial charge in [-0.15, -0.1) is 11.3 Å². The van der Waals surface area contributed by atoms with E-state index in [1.54, 1.807) is 18.2 Å². The number of primary amides is 2. The molecule has 1 aliphatic heterocycles. The molecule has 138 valence electrons. The minimum atomic E-state index is -0.767. The van der Waals surface area contributed by atoms with Crippen LogP contribution in [0.25, 0.3) is 10.4 Å². The Kier molecular flexibility index (Phi) is 5.65. The predicted octanol–water partition coefficient (Wildman–Crippen LogP) is 3.22. The van der Waals surface area contributed by atoms with Crippen molar-refractivity contribution in [1.29, 1.82) is 0 Å². The van der Waals surface area contributed by atoms with E-state index in [9.17, 15) is 9.59 Å². The van der Waals surface area contributed by atoms with Gasteiger partial charge in [0.25, 0.3) is 5.91 Å². The number of hydrogen-bond donors (Lipinski definition) is 3. The summed E-state index contributed by atoms with van der Waals surface area (Å²) in [5.41, 5.74) is 11.4. The van der Waals surface area contributed by atoms with Crippen LogP contribution >= 0.6 is 22.9 Å². The number of anilines is 1. The van der Waals surface area contributed by atoms with Crippen molar-refractivity contribution in [3.8, 4) is 16.2 Å². The number of nitrogens with two attached hydrogens (primary N) is 2. The Labute approximate surface area is 159 Å². The maximum atomic E-state index is 11.6. The monoisotopic (exact) mass is 395 g/mol. The van der Waals surface area contributed by atoms with Crippen LogP contribution < -0.4 is 21.5 Å². The summed E-state index contributed by atoms with van der Waals surface area (Å²) >= 11 is 7.50. The molecule has 7 nitrogen and oxygen atoms in total. The summed E-state index contributed by atoms with van der Waals surface area (Å²) in [4.78, 5) is 23.4. The molecule has 1 fully saturated rings. The van der Waals surface area contributed by atoms with Crippen LogP contribution in [0, 0.1) is 0 Å². The smallest absolute Gasteiger partial charge is 0.317 e. The molecule has 3 amide bonds. The molecular formula is C17H18ClN3O4S. The summed E-state index contributed by atoms with van der Waals surface area (Å²) < 4.78 is 11.3. The van der Waals surface area contributed by atoms with Gasteiger partial charge < -0.3 is 20.9 Å². The minimum absolute atomic E-state index is 0.101. The average molecular weight is 396 g/mol. The van der Waals surface area contributed by atoms with E-state index < -0.39 is 11.9 Å². The van der Waals surface area contributed by atoms with Gasteiger partial charge in [0.05, 0.1) is 16.7 Å². The summed E-state index contributed by atoms with van der Waals surface area (Å²) in [7, 11) is 0. The molecule has 1 aromatic heterocycles. The van der Waals surface area contributed by atoms with Crippen LogP contribution in [0.1, 0.15) is 23.2 Å². The van der Waals surface area contributed by atoms with Gasteiger partial charge in [-0.05, 0) is 42.7 Å². The van der Waals surface area contributed by atoms with Crippen LogP contribution in [-0.2, 0) is 4.74 Å². The molecule has 9 heteroatoms. The number of carbonyl (C=O) groups excluding carboxylic acids is 2. The number of hydrogen-bond acceptors (Lipinski definition) is 5. The molecule has 1 unspecified atom stereocenters. The molecule has 2 aromatic rings. The van der Waals surface area contributed by atoms with E-state index in [0.29, 0.717) is 22.4 Å². The van der Waals surface area contributed by atoms with Crippen molar-refractivity contribution < 1.29 is 19.1 Å². The zero-order valence-electron chi connectivity index (χ0n) is 13.8. The second kappa shape index (κ2) is 7.94. The summed E-state index contributed by atoms with van der Waals surface area (Å²) in [5, 5.41) is 3.15. The van der Waals surface area contributed by atoms with Crippen LogP contribution in [-0.4, -0.2) is 31.3 Å². The molecular weight excluding hydrogens is 378 g/mol. The number of halogens is 1. The maximum absolute atomic E-state index is 11.6. The highest BCUT2D eigenvalue weighted by Gasteiger charge is 2.18.